The fourth-order valence-corrected chi connectivity index (χ4v) is 5.38. The minimum absolute atomic E-state index is 0.128. The molecule has 0 unspecified atom stereocenters. The van der Waals surface area contributed by atoms with Crippen molar-refractivity contribution in [3.8, 4) is 0 Å². The zero-order valence-electron chi connectivity index (χ0n) is 11.6. The molecular weight excluding hydrogens is 300 g/mol. The molecule has 21 heavy (non-hydrogen) atoms. The molecule has 0 atom stereocenters. The summed E-state index contributed by atoms with van der Waals surface area (Å²) >= 11 is 3.62. The van der Waals surface area contributed by atoms with E-state index < -0.39 is 0 Å². The van der Waals surface area contributed by atoms with E-state index in [2.05, 4.69) is 6.07 Å². The number of rotatable bonds is 1. The van der Waals surface area contributed by atoms with Gasteiger partial charge in [-0.1, -0.05) is 6.07 Å². The van der Waals surface area contributed by atoms with Gasteiger partial charge in [-0.05, 0) is 42.4 Å². The van der Waals surface area contributed by atoms with Crippen molar-refractivity contribution in [3.63, 3.8) is 0 Å². The highest BCUT2D eigenvalue weighted by Gasteiger charge is 2.28. The first kappa shape index (κ1) is 13.2. The summed E-state index contributed by atoms with van der Waals surface area (Å²) in [6.45, 7) is 0.736. The lowest BCUT2D eigenvalue weighted by Crippen LogP contribution is -2.28. The molecule has 1 aromatic heterocycles. The first-order chi connectivity index (χ1) is 10.2. The van der Waals surface area contributed by atoms with Gasteiger partial charge in [-0.3, -0.25) is 4.79 Å². The van der Waals surface area contributed by atoms with E-state index in [1.807, 2.05) is 34.9 Å². The summed E-state index contributed by atoms with van der Waals surface area (Å²) in [6.07, 6.45) is 1.95. The van der Waals surface area contributed by atoms with Crippen LogP contribution in [0, 0.1) is 0 Å². The molecule has 0 saturated carbocycles. The van der Waals surface area contributed by atoms with E-state index >= 15 is 0 Å². The summed E-state index contributed by atoms with van der Waals surface area (Å²) < 4.78 is 0. The predicted molar refractivity (Wildman–Crippen MR) is 90.4 cm³/mol. The number of thioether (sulfide) groups is 1. The van der Waals surface area contributed by atoms with Gasteiger partial charge in [0.25, 0.3) is 5.91 Å². The van der Waals surface area contributed by atoms with E-state index in [-0.39, 0.29) is 5.91 Å². The Hall–Kier alpha value is -1.46. The largest absolute Gasteiger partial charge is 0.398 e. The maximum Gasteiger partial charge on any atom is 0.268 e. The van der Waals surface area contributed by atoms with Crippen LogP contribution in [0.3, 0.4) is 0 Å². The van der Waals surface area contributed by atoms with Crippen LogP contribution in [0.25, 0.3) is 0 Å². The van der Waals surface area contributed by atoms with Crippen LogP contribution < -0.4 is 10.6 Å². The fourth-order valence-electron chi connectivity index (χ4n) is 3.06. The number of hydrogen-bond acceptors (Lipinski definition) is 4. The van der Waals surface area contributed by atoms with Crippen molar-refractivity contribution in [2.24, 2.45) is 0 Å². The highest BCUT2D eigenvalue weighted by molar-refractivity contribution is 7.98. The molecule has 0 fully saturated rings. The van der Waals surface area contributed by atoms with Gasteiger partial charge in [0.05, 0.1) is 4.88 Å². The molecule has 0 bridgehead atoms. The van der Waals surface area contributed by atoms with E-state index in [1.54, 1.807) is 11.3 Å². The molecule has 0 spiro atoms. The van der Waals surface area contributed by atoms with E-state index in [4.69, 9.17) is 5.73 Å². The van der Waals surface area contributed by atoms with Gasteiger partial charge in [0, 0.05) is 34.1 Å². The Morgan fingerprint density at radius 1 is 1.29 bits per heavy atom. The normalized spacial score (nSPS) is 16.7. The molecule has 3 nitrogen and oxygen atoms in total. The molecule has 1 aromatic carbocycles. The Kier molecular flexibility index (Phi) is 3.19. The number of carbonyl (C=O) groups is 1. The number of benzene rings is 1. The summed E-state index contributed by atoms with van der Waals surface area (Å²) in [5, 5.41) is 0. The van der Waals surface area contributed by atoms with Crippen LogP contribution in [-0.2, 0) is 18.6 Å². The van der Waals surface area contributed by atoms with Gasteiger partial charge in [0.2, 0.25) is 0 Å². The average molecular weight is 316 g/mol. The number of nitrogens with zero attached hydrogens (tertiary/aromatic N) is 1. The third kappa shape index (κ3) is 2.15. The molecule has 0 radical (unpaired) electrons. The number of thiophene rings is 1. The topological polar surface area (TPSA) is 46.3 Å². The third-order valence-corrected chi connectivity index (χ3v) is 6.38. The lowest BCUT2D eigenvalue weighted by atomic mass is 10.1. The number of anilines is 2. The second-order valence-corrected chi connectivity index (χ2v) is 7.66. The monoisotopic (exact) mass is 316 g/mol. The van der Waals surface area contributed by atoms with Crippen molar-refractivity contribution < 1.29 is 4.79 Å². The van der Waals surface area contributed by atoms with Gasteiger partial charge < -0.3 is 10.6 Å². The van der Waals surface area contributed by atoms with E-state index in [0.717, 1.165) is 47.0 Å². The standard InChI is InChI=1S/C16H16N2OS2/c17-12-2-1-3-13-11(12)4-6-18(13)16(19)15-8-10-9-20-7-5-14(10)21-15/h1-3,8H,4-7,9,17H2. The van der Waals surface area contributed by atoms with Crippen LogP contribution in [0.1, 0.15) is 25.7 Å². The number of hydrogen-bond donors (Lipinski definition) is 1. The number of amides is 1. The minimum Gasteiger partial charge on any atom is -0.398 e. The molecule has 108 valence electrons. The second kappa shape index (κ2) is 5.07. The Bertz CT molecular complexity index is 700. The predicted octanol–water partition coefficient (Wildman–Crippen LogP) is 3.32. The maximum absolute atomic E-state index is 12.8. The van der Waals surface area contributed by atoms with Gasteiger partial charge in [-0.2, -0.15) is 11.8 Å². The number of nitrogen functional groups attached to an aromatic ring is 1. The molecule has 0 saturated heterocycles. The Morgan fingerprint density at radius 2 is 2.19 bits per heavy atom. The Morgan fingerprint density at radius 3 is 3.05 bits per heavy atom. The number of nitrogens with two attached hydrogens (primary N) is 1. The number of fused-ring (bicyclic) bond motifs is 2. The fraction of sp³-hybridized carbons (Fsp3) is 0.312. The van der Waals surface area contributed by atoms with Gasteiger partial charge >= 0.3 is 0 Å². The van der Waals surface area contributed by atoms with Crippen molar-refractivity contribution in [3.05, 3.63) is 45.1 Å². The highest BCUT2D eigenvalue weighted by Crippen LogP contribution is 2.36. The van der Waals surface area contributed by atoms with E-state index in [0.29, 0.717) is 0 Å². The smallest absolute Gasteiger partial charge is 0.268 e. The zero-order valence-corrected chi connectivity index (χ0v) is 13.2. The summed E-state index contributed by atoms with van der Waals surface area (Å²) in [4.78, 5) is 17.0. The first-order valence-electron chi connectivity index (χ1n) is 7.12. The van der Waals surface area contributed by atoms with Gasteiger partial charge in [0.15, 0.2) is 0 Å². The summed E-state index contributed by atoms with van der Waals surface area (Å²) in [6, 6.07) is 7.93. The molecule has 1 amide bonds. The lowest BCUT2D eigenvalue weighted by molar-refractivity contribution is 0.0993. The Labute approximate surface area is 132 Å². The molecule has 4 rings (SSSR count). The minimum atomic E-state index is 0.128. The molecular formula is C16H16N2OS2. The van der Waals surface area contributed by atoms with Gasteiger partial charge in [0.1, 0.15) is 0 Å². The number of aryl methyl sites for hydroxylation is 1. The lowest BCUT2D eigenvalue weighted by Gasteiger charge is -2.16. The molecule has 5 heteroatoms. The number of carbonyl (C=O) groups excluding carboxylic acids is 1. The molecule has 2 aromatic rings. The average Bonchev–Trinajstić information content (AvgIpc) is 3.11. The van der Waals surface area contributed by atoms with Crippen LogP contribution in [-0.4, -0.2) is 18.2 Å². The SMILES string of the molecule is Nc1cccc2c1CCN2C(=O)c1cc2c(s1)CCSC2. The Balaban J connectivity index is 1.68. The first-order valence-corrected chi connectivity index (χ1v) is 9.10. The maximum atomic E-state index is 12.8. The van der Waals surface area contributed by atoms with Crippen LogP contribution in [0.4, 0.5) is 11.4 Å². The van der Waals surface area contributed by atoms with Crippen molar-refractivity contribution in [1.82, 2.24) is 0 Å². The van der Waals surface area contributed by atoms with Crippen molar-refractivity contribution in [1.29, 1.82) is 0 Å². The second-order valence-electron chi connectivity index (χ2n) is 5.41. The van der Waals surface area contributed by atoms with Crippen LogP contribution in [0.15, 0.2) is 24.3 Å². The third-order valence-electron chi connectivity index (χ3n) is 4.15. The van der Waals surface area contributed by atoms with Gasteiger partial charge in [-0.15, -0.1) is 11.3 Å². The molecule has 3 heterocycles. The van der Waals surface area contributed by atoms with Crippen molar-refractivity contribution >= 4 is 40.4 Å². The van der Waals surface area contributed by atoms with Crippen molar-refractivity contribution in [2.75, 3.05) is 22.9 Å². The van der Waals surface area contributed by atoms with Crippen LogP contribution in [0.5, 0.6) is 0 Å². The highest BCUT2D eigenvalue weighted by atomic mass is 32.2. The molecule has 2 aliphatic rings. The van der Waals surface area contributed by atoms with Crippen molar-refractivity contribution in [2.45, 2.75) is 18.6 Å². The van der Waals surface area contributed by atoms with Crippen LogP contribution in [0.2, 0.25) is 0 Å². The zero-order chi connectivity index (χ0) is 14.4. The summed E-state index contributed by atoms with van der Waals surface area (Å²) in [5.74, 6) is 2.34. The molecule has 0 aliphatic carbocycles. The molecule has 2 N–H and O–H groups in total. The van der Waals surface area contributed by atoms with Gasteiger partial charge in [-0.25, -0.2) is 0 Å². The summed E-state index contributed by atoms with van der Waals surface area (Å²) in [7, 11) is 0. The van der Waals surface area contributed by atoms with Crippen LogP contribution >= 0.6 is 23.1 Å². The van der Waals surface area contributed by atoms with E-state index in [9.17, 15) is 4.79 Å². The summed E-state index contributed by atoms with van der Waals surface area (Å²) in [5.41, 5.74) is 10.3. The quantitative estimate of drug-likeness (QED) is 0.821. The molecule has 2 aliphatic heterocycles. The van der Waals surface area contributed by atoms with E-state index in [1.165, 1.54) is 16.2 Å².